The molecule has 2 fully saturated rings. The van der Waals surface area contributed by atoms with E-state index in [4.69, 9.17) is 16.3 Å². The SMILES string of the molecule is CB(O)N1COC[C@H]1C(=O)N(c1cccc(F)c1)[C@H](C(=O)NC1CCC(F)(F)CC1)c1ccccc1Cl. The molecule has 1 saturated carbocycles. The van der Waals surface area contributed by atoms with Gasteiger partial charge in [0.15, 0.2) is 0 Å². The van der Waals surface area contributed by atoms with Crippen LogP contribution in [0.1, 0.15) is 37.3 Å². The van der Waals surface area contributed by atoms with Crippen molar-refractivity contribution in [3.8, 4) is 0 Å². The Morgan fingerprint density at radius 2 is 1.92 bits per heavy atom. The fraction of sp³-hybridized carbons (Fsp3) is 0.440. The molecule has 1 aliphatic carbocycles. The predicted molar refractivity (Wildman–Crippen MR) is 134 cm³/mol. The zero-order valence-corrected chi connectivity index (χ0v) is 21.0. The summed E-state index contributed by atoms with van der Waals surface area (Å²) in [5.74, 6) is -4.65. The minimum atomic E-state index is -2.78. The molecule has 7 nitrogen and oxygen atoms in total. The number of carbonyl (C=O) groups is 2. The van der Waals surface area contributed by atoms with Gasteiger partial charge in [0.05, 0.1) is 13.3 Å². The van der Waals surface area contributed by atoms with Crippen LogP contribution in [0.3, 0.4) is 0 Å². The van der Waals surface area contributed by atoms with Crippen molar-refractivity contribution < 1.29 is 32.5 Å². The average Bonchev–Trinajstić information content (AvgIpc) is 3.35. The van der Waals surface area contributed by atoms with Gasteiger partial charge in [0.1, 0.15) is 17.9 Å². The largest absolute Gasteiger partial charge is 0.437 e. The first-order chi connectivity index (χ1) is 17.6. The Morgan fingerprint density at radius 1 is 1.22 bits per heavy atom. The van der Waals surface area contributed by atoms with Crippen LogP contribution < -0.4 is 10.2 Å². The molecule has 12 heteroatoms. The third-order valence-electron chi connectivity index (χ3n) is 6.78. The van der Waals surface area contributed by atoms with Gasteiger partial charge in [-0.15, -0.1) is 0 Å². The second-order valence-electron chi connectivity index (χ2n) is 9.41. The summed E-state index contributed by atoms with van der Waals surface area (Å²) >= 11 is 6.48. The van der Waals surface area contributed by atoms with Crippen LogP contribution in [0.15, 0.2) is 48.5 Å². The van der Waals surface area contributed by atoms with Crippen LogP contribution in [0.5, 0.6) is 0 Å². The minimum Gasteiger partial charge on any atom is -0.437 e. The van der Waals surface area contributed by atoms with Crippen molar-refractivity contribution in [1.82, 2.24) is 10.1 Å². The van der Waals surface area contributed by atoms with Gasteiger partial charge in [-0.05, 0) is 43.9 Å². The number of nitrogens with zero attached hydrogens (tertiary/aromatic N) is 2. The Kier molecular flexibility index (Phi) is 8.47. The predicted octanol–water partition coefficient (Wildman–Crippen LogP) is 4.02. The molecule has 1 aliphatic heterocycles. The first kappa shape index (κ1) is 27.4. The maximum Gasteiger partial charge on any atom is 0.378 e. The number of rotatable bonds is 7. The van der Waals surface area contributed by atoms with E-state index in [1.165, 1.54) is 29.8 Å². The normalized spacial score (nSPS) is 20.9. The zero-order chi connectivity index (χ0) is 26.7. The number of nitrogens with one attached hydrogen (secondary N) is 1. The Balaban J connectivity index is 1.76. The number of anilines is 1. The lowest BCUT2D eigenvalue weighted by molar-refractivity contribution is -0.129. The quantitative estimate of drug-likeness (QED) is 0.522. The summed E-state index contributed by atoms with van der Waals surface area (Å²) in [6.45, 7) is 1.42. The number of halogens is 4. The number of amides is 2. The molecule has 2 aliphatic rings. The molecule has 0 aromatic heterocycles. The van der Waals surface area contributed by atoms with Gasteiger partial charge in [-0.3, -0.25) is 19.3 Å². The van der Waals surface area contributed by atoms with Crippen molar-refractivity contribution in [1.29, 1.82) is 0 Å². The minimum absolute atomic E-state index is 0.00962. The molecule has 2 N–H and O–H groups in total. The van der Waals surface area contributed by atoms with E-state index in [1.807, 2.05) is 0 Å². The third-order valence-corrected chi connectivity index (χ3v) is 7.12. The van der Waals surface area contributed by atoms with Gasteiger partial charge in [0, 0.05) is 35.2 Å². The van der Waals surface area contributed by atoms with Gasteiger partial charge in [-0.25, -0.2) is 13.2 Å². The highest BCUT2D eigenvalue weighted by atomic mass is 35.5. The number of carbonyl (C=O) groups excluding carboxylic acids is 2. The lowest BCUT2D eigenvalue weighted by atomic mass is 9.84. The van der Waals surface area contributed by atoms with Crippen molar-refractivity contribution in [2.24, 2.45) is 0 Å². The van der Waals surface area contributed by atoms with Crippen molar-refractivity contribution in [2.45, 2.75) is 56.6 Å². The Bertz CT molecular complexity index is 1130. The fourth-order valence-electron chi connectivity index (χ4n) is 4.79. The Morgan fingerprint density at radius 3 is 2.57 bits per heavy atom. The molecule has 0 spiro atoms. The van der Waals surface area contributed by atoms with Crippen LogP contribution in [-0.4, -0.2) is 60.0 Å². The van der Waals surface area contributed by atoms with Crippen LogP contribution in [0.25, 0.3) is 0 Å². The molecule has 2 amide bonds. The van der Waals surface area contributed by atoms with Crippen LogP contribution in [0.2, 0.25) is 11.8 Å². The van der Waals surface area contributed by atoms with E-state index in [0.29, 0.717) is 0 Å². The van der Waals surface area contributed by atoms with Crippen molar-refractivity contribution in [2.75, 3.05) is 18.2 Å². The van der Waals surface area contributed by atoms with E-state index in [2.05, 4.69) is 5.32 Å². The molecule has 0 unspecified atom stereocenters. The topological polar surface area (TPSA) is 82.1 Å². The van der Waals surface area contributed by atoms with E-state index < -0.39 is 48.7 Å². The molecule has 198 valence electrons. The molecule has 37 heavy (non-hydrogen) atoms. The number of ether oxygens (including phenoxy) is 1. The molecule has 1 saturated heterocycles. The second kappa shape index (κ2) is 11.4. The van der Waals surface area contributed by atoms with Gasteiger partial charge in [-0.1, -0.05) is 35.9 Å². The van der Waals surface area contributed by atoms with E-state index in [9.17, 15) is 27.8 Å². The monoisotopic (exact) mass is 537 g/mol. The summed E-state index contributed by atoms with van der Waals surface area (Å²) in [6.07, 6.45) is -0.559. The van der Waals surface area contributed by atoms with Crippen molar-refractivity contribution >= 4 is 36.2 Å². The maximum absolute atomic E-state index is 14.4. The highest BCUT2D eigenvalue weighted by Crippen LogP contribution is 2.36. The molecule has 4 rings (SSSR count). The van der Waals surface area contributed by atoms with E-state index in [-0.39, 0.29) is 55.3 Å². The van der Waals surface area contributed by atoms with Crippen LogP contribution in [0.4, 0.5) is 18.9 Å². The van der Waals surface area contributed by atoms with Gasteiger partial charge < -0.3 is 15.1 Å². The smallest absolute Gasteiger partial charge is 0.378 e. The van der Waals surface area contributed by atoms with Crippen LogP contribution in [-0.2, 0) is 14.3 Å². The molecular weight excluding hydrogens is 510 g/mol. The number of benzene rings is 2. The standard InChI is InChI=1S/C25H28BClF3N3O4/c1-26(36)32-15-37-14-21(32)24(35)33(18-6-4-5-16(28)13-18)22(19-7-2-3-8-20(19)27)23(34)31-17-9-11-25(29,30)12-10-17/h2-8,13,17,21-22,36H,9-12,14-15H2,1H3,(H,31,34)/t21-,22-/m0/s1. The van der Waals surface area contributed by atoms with Crippen molar-refractivity contribution in [3.63, 3.8) is 0 Å². The second-order valence-corrected chi connectivity index (χ2v) is 9.82. The molecule has 1 heterocycles. The van der Waals surface area contributed by atoms with Gasteiger partial charge >= 0.3 is 7.05 Å². The van der Waals surface area contributed by atoms with Crippen LogP contribution in [0, 0.1) is 5.82 Å². The Hall–Kier alpha value is -2.60. The number of hydrogen-bond donors (Lipinski definition) is 2. The molecule has 2 aromatic rings. The van der Waals surface area contributed by atoms with Gasteiger partial charge in [-0.2, -0.15) is 0 Å². The highest BCUT2D eigenvalue weighted by molar-refractivity contribution is 6.46. The number of hydrogen-bond acceptors (Lipinski definition) is 5. The summed E-state index contributed by atoms with van der Waals surface area (Å²) in [5, 5.41) is 13.2. The first-order valence-electron chi connectivity index (χ1n) is 12.1. The molecular formula is C25H28BClF3N3O4. The van der Waals surface area contributed by atoms with Gasteiger partial charge in [0.25, 0.3) is 0 Å². The molecule has 0 bridgehead atoms. The number of alkyl halides is 2. The first-order valence-corrected chi connectivity index (χ1v) is 12.5. The summed E-state index contributed by atoms with van der Waals surface area (Å²) in [4.78, 5) is 30.4. The summed E-state index contributed by atoms with van der Waals surface area (Å²) in [7, 11) is -1.03. The van der Waals surface area contributed by atoms with Gasteiger partial charge in [0.2, 0.25) is 17.7 Å². The molecule has 2 aromatic carbocycles. The average molecular weight is 538 g/mol. The lowest BCUT2D eigenvalue weighted by Gasteiger charge is -2.37. The third kappa shape index (κ3) is 6.28. The Labute approximate surface area is 218 Å². The summed E-state index contributed by atoms with van der Waals surface area (Å²) in [6, 6.07) is 8.86. The maximum atomic E-state index is 14.4. The zero-order valence-electron chi connectivity index (χ0n) is 20.2. The summed E-state index contributed by atoms with van der Waals surface area (Å²) < 4.78 is 47.2. The van der Waals surface area contributed by atoms with E-state index in [1.54, 1.807) is 24.3 Å². The fourth-order valence-corrected chi connectivity index (χ4v) is 5.03. The van der Waals surface area contributed by atoms with E-state index in [0.717, 1.165) is 11.0 Å². The van der Waals surface area contributed by atoms with Crippen LogP contribution >= 0.6 is 11.6 Å². The highest BCUT2D eigenvalue weighted by Gasteiger charge is 2.44. The summed E-state index contributed by atoms with van der Waals surface area (Å²) in [5.41, 5.74) is 0.376. The molecule has 2 atom stereocenters. The van der Waals surface area contributed by atoms with Crippen molar-refractivity contribution in [3.05, 3.63) is 64.9 Å². The lowest BCUT2D eigenvalue weighted by Crippen LogP contribution is -2.55. The molecule has 0 radical (unpaired) electrons. The van der Waals surface area contributed by atoms with E-state index >= 15 is 0 Å².